The Morgan fingerprint density at radius 2 is 0.971 bits per heavy atom. The van der Waals surface area contributed by atoms with Crippen LogP contribution in [0.25, 0.3) is 0 Å². The second-order valence-corrected chi connectivity index (χ2v) is 27.7. The van der Waals surface area contributed by atoms with Crippen LogP contribution in [0.2, 0.25) is 0 Å². The third kappa shape index (κ3) is 11.6. The smallest absolute Gasteiger partial charge is 0.460 e. The Kier molecular flexibility index (Phi) is 18.9. The molecule has 2 unspecified atom stereocenters. The summed E-state index contributed by atoms with van der Waals surface area (Å²) in [5, 5.41) is 39.5. The number of hydrogen-bond acceptors (Lipinski definition) is 17. The average molecular weight is 1410 g/mol. The van der Waals surface area contributed by atoms with E-state index in [1.165, 1.54) is 25.2 Å². The van der Waals surface area contributed by atoms with Gasteiger partial charge in [-0.15, -0.1) is 0 Å². The molecule has 2 fully saturated rings. The number of nitrogens with zero attached hydrogens (tertiary/aromatic N) is 6. The van der Waals surface area contributed by atoms with Crippen LogP contribution in [0.15, 0.2) is 72.8 Å². The zero-order valence-electron chi connectivity index (χ0n) is 58.0. The number of phenols is 1. The van der Waals surface area contributed by atoms with Crippen molar-refractivity contribution in [2.45, 2.75) is 171 Å². The van der Waals surface area contributed by atoms with Crippen LogP contribution in [0.1, 0.15) is 126 Å². The van der Waals surface area contributed by atoms with E-state index in [-0.39, 0.29) is 96.6 Å². The highest BCUT2D eigenvalue weighted by Crippen LogP contribution is 2.61. The molecule has 10 atom stereocenters. The number of alkyl halides is 7. The van der Waals surface area contributed by atoms with Crippen LogP contribution in [-0.2, 0) is 52.9 Å². The molecule has 3 N–H and O–H groups in total. The summed E-state index contributed by atoms with van der Waals surface area (Å²) in [6.07, 6.45) is -3.79. The second-order valence-electron chi connectivity index (χ2n) is 27.7. The van der Waals surface area contributed by atoms with E-state index in [0.29, 0.717) is 54.9 Å². The first-order valence-electron chi connectivity index (χ1n) is 34.0. The first-order chi connectivity index (χ1) is 48.6. The molecule has 26 heteroatoms. The van der Waals surface area contributed by atoms with Gasteiger partial charge >= 0.3 is 24.0 Å². The number of piperazine rings is 2. The number of phenolic OH excluding ortho intramolecular Hbond substituents is 1. The SMILES string of the molecule is COc1c(C)cc2c(c1C)[C@@H]1C3Cc4c(O)c(C)c5c(c4[C@H](CNC(=O)CCc4ccccc4)N3[C@@H](C#N)[C@H](C2)N1C)OCO5.COc1c(C)cc2c(c1C)[C@@H]1C3Cc4c(OC(=O)C(F)(F)C(F)(F)C(F)(F)F)c(C)c5c(c4[C@H](CNC(=O)CCc4ccccc4)N3[C@@H](C#N)[C@H](C2)N1C)OCO5. The van der Waals surface area contributed by atoms with Crippen LogP contribution >= 0.6 is 0 Å². The van der Waals surface area contributed by atoms with Crippen LogP contribution < -0.4 is 43.8 Å². The quantitative estimate of drug-likeness (QED) is 0.0494. The molecule has 6 aromatic rings. The number of carbonyl (C=O) groups is 3. The fourth-order valence-electron chi connectivity index (χ4n) is 17.7. The third-order valence-corrected chi connectivity index (χ3v) is 22.3. The molecule has 6 aromatic carbocycles. The van der Waals surface area contributed by atoms with Crippen molar-refractivity contribution in [2.24, 2.45) is 0 Å². The lowest BCUT2D eigenvalue weighted by Crippen LogP contribution is -2.69. The Balaban J connectivity index is 0.000000187. The number of nitrogens with one attached hydrogen (secondary N) is 2. The molecule has 538 valence electrons. The number of aromatic hydroxyl groups is 1. The van der Waals surface area contributed by atoms with Crippen molar-refractivity contribution in [1.29, 1.82) is 10.5 Å². The molecule has 14 rings (SSSR count). The van der Waals surface area contributed by atoms with Crippen LogP contribution in [-0.4, -0.2) is 152 Å². The van der Waals surface area contributed by atoms with Gasteiger partial charge in [0.2, 0.25) is 25.4 Å². The van der Waals surface area contributed by atoms with Crippen LogP contribution in [0, 0.1) is 64.2 Å². The minimum atomic E-state index is -6.79. The minimum Gasteiger partial charge on any atom is -0.507 e. The Hall–Kier alpha value is -9.34. The topological polar surface area (TPSA) is 221 Å². The molecular formula is C76H79F7N8O11. The van der Waals surface area contributed by atoms with Gasteiger partial charge < -0.3 is 48.9 Å². The van der Waals surface area contributed by atoms with Crippen molar-refractivity contribution in [2.75, 3.05) is 55.0 Å². The average Bonchev–Trinajstić information content (AvgIpc) is 0.868. The predicted octanol–water partition coefficient (Wildman–Crippen LogP) is 11.2. The van der Waals surface area contributed by atoms with Crippen molar-refractivity contribution in [3.63, 3.8) is 0 Å². The zero-order valence-corrected chi connectivity index (χ0v) is 58.0. The highest BCUT2D eigenvalue weighted by molar-refractivity contribution is 5.83. The summed E-state index contributed by atoms with van der Waals surface area (Å²) in [6.45, 7) is 10.9. The molecule has 8 aliphatic heterocycles. The molecule has 0 radical (unpaired) electrons. The lowest BCUT2D eigenvalue weighted by atomic mass is 9.71. The number of aryl methyl sites for hydroxylation is 4. The van der Waals surface area contributed by atoms with Crippen LogP contribution in [0.4, 0.5) is 30.7 Å². The number of methoxy groups -OCH3 is 2. The summed E-state index contributed by atoms with van der Waals surface area (Å²) in [5.74, 6) is -14.6. The zero-order chi connectivity index (χ0) is 72.9. The van der Waals surface area contributed by atoms with Crippen molar-refractivity contribution < 1.29 is 83.4 Å². The summed E-state index contributed by atoms with van der Waals surface area (Å²) < 4.78 is 138. The van der Waals surface area contributed by atoms with E-state index in [2.05, 4.69) is 59.5 Å². The molecule has 2 saturated heterocycles. The van der Waals surface area contributed by atoms with Crippen molar-refractivity contribution >= 4 is 17.8 Å². The molecule has 19 nitrogen and oxygen atoms in total. The minimum absolute atomic E-state index is 0.00611. The second kappa shape index (κ2) is 27.1. The Morgan fingerprint density at radius 1 is 0.559 bits per heavy atom. The number of ether oxygens (including phenoxy) is 7. The van der Waals surface area contributed by atoms with Crippen LogP contribution in [0.3, 0.4) is 0 Å². The highest BCUT2D eigenvalue weighted by atomic mass is 19.4. The van der Waals surface area contributed by atoms with Gasteiger partial charge in [0.1, 0.15) is 35.1 Å². The molecule has 8 aliphatic rings. The van der Waals surface area contributed by atoms with Crippen molar-refractivity contribution in [3.05, 3.63) is 162 Å². The van der Waals surface area contributed by atoms with Gasteiger partial charge in [-0.3, -0.25) is 29.2 Å². The highest BCUT2D eigenvalue weighted by Gasteiger charge is 2.77. The van der Waals surface area contributed by atoms with E-state index in [0.717, 1.165) is 67.8 Å². The summed E-state index contributed by atoms with van der Waals surface area (Å²) in [4.78, 5) is 48.2. The molecule has 102 heavy (non-hydrogen) atoms. The van der Waals surface area contributed by atoms with E-state index in [4.69, 9.17) is 33.2 Å². The summed E-state index contributed by atoms with van der Waals surface area (Å²) in [5.41, 5.74) is 12.4. The van der Waals surface area contributed by atoms with E-state index in [1.807, 2.05) is 104 Å². The number of benzene rings is 6. The summed E-state index contributed by atoms with van der Waals surface area (Å²) in [7, 11) is 7.21. The maximum absolute atomic E-state index is 14.9. The summed E-state index contributed by atoms with van der Waals surface area (Å²) >= 11 is 0. The number of amides is 2. The number of rotatable bonds is 15. The number of fused-ring (bicyclic) bond motifs is 18. The van der Waals surface area contributed by atoms with E-state index < -0.39 is 78.8 Å². The fraction of sp³-hybridized carbons (Fsp3) is 0.461. The maximum atomic E-state index is 14.9. The normalized spacial score (nSPS) is 23.6. The third-order valence-electron chi connectivity index (χ3n) is 22.3. The number of hydrogen-bond donors (Lipinski definition) is 3. The number of halogens is 7. The fourth-order valence-corrected chi connectivity index (χ4v) is 17.7. The van der Waals surface area contributed by atoms with E-state index >= 15 is 0 Å². The largest absolute Gasteiger partial charge is 0.507 e. The Labute approximate surface area is 585 Å². The lowest BCUT2D eigenvalue weighted by molar-refractivity contribution is -0.346. The van der Waals surface area contributed by atoms with Gasteiger partial charge in [-0.2, -0.15) is 41.3 Å². The van der Waals surface area contributed by atoms with Gasteiger partial charge in [-0.25, -0.2) is 4.79 Å². The molecular weight excluding hydrogens is 1330 g/mol. The molecule has 0 spiro atoms. The summed E-state index contributed by atoms with van der Waals surface area (Å²) in [6, 6.07) is 23.9. The predicted molar refractivity (Wildman–Crippen MR) is 357 cm³/mol. The Morgan fingerprint density at radius 3 is 1.39 bits per heavy atom. The van der Waals surface area contributed by atoms with Crippen LogP contribution in [0.5, 0.6) is 46.0 Å². The number of carbonyl (C=O) groups excluding carboxylic acids is 3. The maximum Gasteiger partial charge on any atom is 0.460 e. The van der Waals surface area contributed by atoms with Crippen molar-refractivity contribution in [3.8, 4) is 58.1 Å². The molecule has 8 heterocycles. The van der Waals surface area contributed by atoms with Crippen molar-refractivity contribution in [1.82, 2.24) is 30.2 Å². The Bertz CT molecular complexity index is 4430. The number of nitriles is 2. The van der Waals surface area contributed by atoms with Gasteiger partial charge in [-0.05, 0) is 150 Å². The number of likely N-dealkylation sites (N-methyl/N-ethyl adjacent to an activating group) is 2. The first kappa shape index (κ1) is 71.1. The van der Waals surface area contributed by atoms with Gasteiger partial charge in [0.15, 0.2) is 23.0 Å². The van der Waals surface area contributed by atoms with Gasteiger partial charge in [0.05, 0.1) is 50.5 Å². The molecule has 2 amide bonds. The van der Waals surface area contributed by atoms with Gasteiger partial charge in [0.25, 0.3) is 0 Å². The van der Waals surface area contributed by atoms with E-state index in [9.17, 15) is 60.7 Å². The standard InChI is InChI=1S/C40H39F7N4O6.C36H40N4O5/c1-19-13-23-14-25-27(16-48)51-26(32(50(25)4)30(23)20(2)33(19)54-5)15-24-31(28(51)17-49-29(52)12-11-22-9-7-6-8-10-22)36-35(55-18-56-36)21(3)34(24)57-37(53)38(41,42)39(43,44)40(45,46)47;1-19-13-23-14-25-27(16-37)40-26(32(39(25)4)30(23)20(2)34(19)43-5)15-24-31(36-35(44-18-45-36)21(3)33(24)42)28(40)17-38-29(41)12-11-22-9-7-6-8-10-22/h6-10,13,25-28,32H,11-12,14-15,17-18H2,1-5H3,(H,49,52);6-10,13,25-28,32,42H,11-12,14-15,17-18H2,1-5H3,(H,38,41)/t2*25-,26?,27-,28-,32-/m00/s1. The molecule has 0 aromatic heterocycles. The molecule has 0 aliphatic carbocycles. The van der Waals surface area contributed by atoms with Gasteiger partial charge in [-0.1, -0.05) is 72.8 Å². The molecule has 4 bridgehead atoms. The first-order valence-corrected chi connectivity index (χ1v) is 34.0. The molecule has 0 saturated carbocycles. The lowest BCUT2D eigenvalue weighted by Gasteiger charge is -2.60. The monoisotopic (exact) mass is 1410 g/mol. The van der Waals surface area contributed by atoms with E-state index in [1.54, 1.807) is 7.11 Å². The van der Waals surface area contributed by atoms with Gasteiger partial charge in [0, 0.05) is 83.5 Å². The number of esters is 1.